The second-order valence-corrected chi connectivity index (χ2v) is 9.93. The number of methoxy groups -OCH3 is 2. The summed E-state index contributed by atoms with van der Waals surface area (Å²) < 4.78 is 61.3. The number of halogens is 1. The van der Waals surface area contributed by atoms with E-state index >= 15 is 0 Å². The van der Waals surface area contributed by atoms with E-state index in [2.05, 4.69) is 29.9 Å². The van der Waals surface area contributed by atoms with E-state index in [4.69, 9.17) is 14.2 Å². The van der Waals surface area contributed by atoms with Crippen LogP contribution in [0.3, 0.4) is 0 Å². The summed E-state index contributed by atoms with van der Waals surface area (Å²) >= 11 is 0. The highest BCUT2D eigenvalue weighted by Gasteiger charge is 2.35. The lowest BCUT2D eigenvalue weighted by atomic mass is 10.2. The third-order valence-electron chi connectivity index (χ3n) is 5.57. The first-order valence-corrected chi connectivity index (χ1v) is 13.0. The minimum Gasteiger partial charge on any atom is -0.494 e. The lowest BCUT2D eigenvalue weighted by Crippen LogP contribution is -2.34. The molecule has 0 aliphatic carbocycles. The zero-order valence-corrected chi connectivity index (χ0v) is 21.9. The van der Waals surface area contributed by atoms with Crippen molar-refractivity contribution < 1.29 is 27.0 Å². The molecule has 4 aromatic rings. The lowest BCUT2D eigenvalue weighted by Gasteiger charge is -2.23. The summed E-state index contributed by atoms with van der Waals surface area (Å²) in [5.74, 6) is 0.215. The Kier molecular flexibility index (Phi) is 8.12. The van der Waals surface area contributed by atoms with Gasteiger partial charge in [0, 0.05) is 12.8 Å². The van der Waals surface area contributed by atoms with Crippen LogP contribution in [0.5, 0.6) is 11.5 Å². The normalized spacial score (nSPS) is 13.1. The Morgan fingerprint density at radius 3 is 2.26 bits per heavy atom. The number of para-hydroxylation sites is 1. The van der Waals surface area contributed by atoms with Gasteiger partial charge in [-0.1, -0.05) is 12.1 Å². The van der Waals surface area contributed by atoms with Gasteiger partial charge in [0.2, 0.25) is 16.0 Å². The van der Waals surface area contributed by atoms with Crippen LogP contribution in [0.25, 0.3) is 17.2 Å². The molecule has 0 spiro atoms. The average Bonchev–Trinajstić information content (AvgIpc) is 3.34. The highest BCUT2D eigenvalue weighted by molar-refractivity contribution is 7.93. The molecular formula is C24H26FN7O5S. The van der Waals surface area contributed by atoms with Gasteiger partial charge in [-0.05, 0) is 38.1 Å². The van der Waals surface area contributed by atoms with E-state index in [-0.39, 0.29) is 24.2 Å². The molecule has 12 nitrogen and oxygen atoms in total. The topological polar surface area (TPSA) is 143 Å². The minimum atomic E-state index is -4.21. The summed E-state index contributed by atoms with van der Waals surface area (Å²) in [7, 11) is -1.25. The molecule has 2 atom stereocenters. The second-order valence-electron chi connectivity index (χ2n) is 7.90. The molecule has 200 valence electrons. The van der Waals surface area contributed by atoms with Crippen molar-refractivity contribution in [3.8, 4) is 28.7 Å². The van der Waals surface area contributed by atoms with Crippen LogP contribution in [0.4, 0.5) is 10.3 Å². The van der Waals surface area contributed by atoms with E-state index in [1.807, 2.05) is 0 Å². The van der Waals surface area contributed by atoms with Gasteiger partial charge < -0.3 is 14.2 Å². The number of rotatable bonds is 11. The lowest BCUT2D eigenvalue weighted by molar-refractivity contribution is 0.0556. The Morgan fingerprint density at radius 1 is 1.00 bits per heavy atom. The quantitative estimate of drug-likeness (QED) is 0.300. The monoisotopic (exact) mass is 543 g/mol. The number of anilines is 1. The first-order chi connectivity index (χ1) is 18.3. The van der Waals surface area contributed by atoms with Gasteiger partial charge in [0.05, 0.1) is 26.6 Å². The number of hydrogen-bond donors (Lipinski definition) is 1. The summed E-state index contributed by atoms with van der Waals surface area (Å²) in [4.78, 5) is 12.2. The van der Waals surface area contributed by atoms with Crippen molar-refractivity contribution in [1.29, 1.82) is 0 Å². The summed E-state index contributed by atoms with van der Waals surface area (Å²) in [6.07, 6.45) is 2.38. The van der Waals surface area contributed by atoms with Crippen molar-refractivity contribution in [2.75, 3.05) is 25.5 Å². The average molecular weight is 544 g/mol. The molecule has 0 aliphatic heterocycles. The molecule has 1 aromatic carbocycles. The van der Waals surface area contributed by atoms with Crippen LogP contribution in [0.15, 0.2) is 55.0 Å². The van der Waals surface area contributed by atoms with Crippen LogP contribution >= 0.6 is 0 Å². The Morgan fingerprint density at radius 2 is 1.68 bits per heavy atom. The standard InChI is InChI=1S/C24H26FN7O5S/c1-5-37-21(22-27-13-16(25)14-28-22)15(2)38(33,34)31-24-30-29-23(17-9-6-7-12-26-17)32(24)20-18(35-3)10-8-11-19(20)36-4/h6-15,21H,5H2,1-4H3,(H,30,31)/t15-,21-/m0/s1. The third kappa shape index (κ3) is 5.40. The SMILES string of the molecule is CCO[C@H](c1ncc(F)cn1)[C@H](C)S(=O)(=O)Nc1nnc(-c2ccccn2)n1-c1c(OC)cccc1OC. The van der Waals surface area contributed by atoms with Crippen LogP contribution < -0.4 is 14.2 Å². The Balaban J connectivity index is 1.83. The summed E-state index contributed by atoms with van der Waals surface area (Å²) in [6, 6.07) is 10.3. The highest BCUT2D eigenvalue weighted by Crippen LogP contribution is 2.37. The number of ether oxygens (including phenoxy) is 3. The van der Waals surface area contributed by atoms with Crippen LogP contribution in [-0.2, 0) is 14.8 Å². The summed E-state index contributed by atoms with van der Waals surface area (Å²) in [6.45, 7) is 3.30. The molecule has 38 heavy (non-hydrogen) atoms. The molecular weight excluding hydrogens is 517 g/mol. The van der Waals surface area contributed by atoms with Gasteiger partial charge in [-0.3, -0.25) is 14.3 Å². The maximum atomic E-state index is 13.6. The van der Waals surface area contributed by atoms with Gasteiger partial charge >= 0.3 is 0 Å². The molecule has 0 unspecified atom stereocenters. The zero-order chi connectivity index (χ0) is 27.3. The number of nitrogens with one attached hydrogen (secondary N) is 1. The van der Waals surface area contributed by atoms with Crippen molar-refractivity contribution in [2.24, 2.45) is 0 Å². The minimum absolute atomic E-state index is 0.0214. The molecule has 4 rings (SSSR count). The summed E-state index contributed by atoms with van der Waals surface area (Å²) in [5, 5.41) is 7.14. The van der Waals surface area contributed by atoms with Crippen LogP contribution in [-0.4, -0.2) is 64.2 Å². The van der Waals surface area contributed by atoms with Crippen molar-refractivity contribution in [3.05, 3.63) is 66.6 Å². The van der Waals surface area contributed by atoms with E-state index in [0.717, 1.165) is 12.4 Å². The Hall–Kier alpha value is -4.17. The van der Waals surface area contributed by atoms with E-state index < -0.39 is 27.2 Å². The second kappa shape index (κ2) is 11.5. The largest absolute Gasteiger partial charge is 0.494 e. The number of hydrogen-bond acceptors (Lipinski definition) is 10. The maximum Gasteiger partial charge on any atom is 0.243 e. The fourth-order valence-corrected chi connectivity index (χ4v) is 4.82. The van der Waals surface area contributed by atoms with Crippen molar-refractivity contribution in [3.63, 3.8) is 0 Å². The molecule has 0 aliphatic rings. The Bertz CT molecular complexity index is 1460. The molecule has 1 N–H and O–H groups in total. The van der Waals surface area contributed by atoms with Crippen molar-refractivity contribution >= 4 is 16.0 Å². The van der Waals surface area contributed by atoms with Crippen LogP contribution in [0.2, 0.25) is 0 Å². The molecule has 0 saturated carbocycles. The van der Waals surface area contributed by atoms with Gasteiger partial charge in [-0.25, -0.2) is 22.8 Å². The van der Waals surface area contributed by atoms with Crippen molar-refractivity contribution in [2.45, 2.75) is 25.2 Å². The molecule has 0 bridgehead atoms. The van der Waals surface area contributed by atoms with Gasteiger partial charge in [-0.2, -0.15) is 0 Å². The van der Waals surface area contributed by atoms with Gasteiger partial charge in [-0.15, -0.1) is 10.2 Å². The van der Waals surface area contributed by atoms with Crippen LogP contribution in [0, 0.1) is 5.82 Å². The van der Waals surface area contributed by atoms with Crippen LogP contribution in [0.1, 0.15) is 25.8 Å². The predicted octanol–water partition coefficient (Wildman–Crippen LogP) is 3.18. The van der Waals surface area contributed by atoms with E-state index in [1.165, 1.54) is 25.7 Å². The van der Waals surface area contributed by atoms with Gasteiger partial charge in [0.25, 0.3) is 0 Å². The smallest absolute Gasteiger partial charge is 0.243 e. The highest BCUT2D eigenvalue weighted by atomic mass is 32.2. The predicted molar refractivity (Wildman–Crippen MR) is 136 cm³/mol. The molecule has 0 amide bonds. The fraction of sp³-hybridized carbons (Fsp3) is 0.292. The maximum absolute atomic E-state index is 13.6. The third-order valence-corrected chi connectivity index (χ3v) is 7.27. The number of benzene rings is 1. The number of pyridine rings is 1. The van der Waals surface area contributed by atoms with E-state index in [1.54, 1.807) is 49.5 Å². The van der Waals surface area contributed by atoms with Gasteiger partial charge in [0.1, 0.15) is 34.2 Å². The molecule has 0 radical (unpaired) electrons. The van der Waals surface area contributed by atoms with Crippen molar-refractivity contribution in [1.82, 2.24) is 29.7 Å². The zero-order valence-electron chi connectivity index (χ0n) is 21.1. The van der Waals surface area contributed by atoms with E-state index in [0.29, 0.717) is 22.9 Å². The molecule has 0 fully saturated rings. The molecule has 3 aromatic heterocycles. The molecule has 14 heteroatoms. The van der Waals surface area contributed by atoms with E-state index in [9.17, 15) is 12.8 Å². The fourth-order valence-electron chi connectivity index (χ4n) is 3.73. The molecule has 3 heterocycles. The summed E-state index contributed by atoms with van der Waals surface area (Å²) in [5.41, 5.74) is 0.787. The van der Waals surface area contributed by atoms with Gasteiger partial charge in [0.15, 0.2) is 17.5 Å². The number of nitrogens with zero attached hydrogens (tertiary/aromatic N) is 6. The number of sulfonamides is 1. The molecule has 0 saturated heterocycles. The number of aromatic nitrogens is 6. The first-order valence-electron chi connectivity index (χ1n) is 11.5. The Labute approximate surface area is 218 Å². The first kappa shape index (κ1) is 26.9.